The second kappa shape index (κ2) is 10.3. The van der Waals surface area contributed by atoms with Crippen LogP contribution in [0.25, 0.3) is 0 Å². The lowest BCUT2D eigenvalue weighted by Crippen LogP contribution is -2.16. The minimum atomic E-state index is -0.962. The normalized spacial score (nSPS) is 11.8. The van der Waals surface area contributed by atoms with Crippen molar-refractivity contribution >= 4 is 24.8 Å². The summed E-state index contributed by atoms with van der Waals surface area (Å²) in [5.41, 5.74) is 0. The third-order valence-corrected chi connectivity index (χ3v) is 1.65. The predicted molar refractivity (Wildman–Crippen MR) is 60.4 cm³/mol. The van der Waals surface area contributed by atoms with Gasteiger partial charge in [-0.05, 0) is 6.42 Å². The summed E-state index contributed by atoms with van der Waals surface area (Å²) >= 11 is 0. The number of aliphatic carboxylic acids is 1. The first kappa shape index (κ1) is 15.7. The molecule has 0 aromatic heterocycles. The molecule has 0 aliphatic carbocycles. The topological polar surface area (TPSA) is 60.8 Å². The highest BCUT2D eigenvalue weighted by molar-refractivity contribution is 7.30. The van der Waals surface area contributed by atoms with Gasteiger partial charge in [-0.15, -0.1) is 0 Å². The van der Waals surface area contributed by atoms with Crippen molar-refractivity contribution in [3.8, 4) is 0 Å². The Kier molecular flexibility index (Phi) is 12.5. The third-order valence-electron chi connectivity index (χ3n) is 1.13. The summed E-state index contributed by atoms with van der Waals surface area (Å²) in [4.78, 5) is 10.1. The van der Waals surface area contributed by atoms with Crippen molar-refractivity contribution in [2.24, 2.45) is 0 Å². The predicted octanol–water partition coefficient (Wildman–Crippen LogP) is 1.12. The smallest absolute Gasteiger partial charge is 0.305 e. The van der Waals surface area contributed by atoms with Crippen molar-refractivity contribution in [1.29, 1.82) is 0 Å². The van der Waals surface area contributed by atoms with Crippen LogP contribution in [-0.4, -0.2) is 33.3 Å². The molecule has 13 heavy (non-hydrogen) atoms. The molecular formula is C7H19NO3P2. The SMILES string of the molecule is CC.O=C(O)CC(O)CCN(P)P. The monoisotopic (exact) mass is 227 g/mol. The number of aliphatic hydroxyl groups is 1. The number of carboxylic acids is 1. The molecule has 4 nitrogen and oxygen atoms in total. The van der Waals surface area contributed by atoms with E-state index < -0.39 is 12.1 Å². The summed E-state index contributed by atoms with van der Waals surface area (Å²) in [6.07, 6.45) is -0.446. The van der Waals surface area contributed by atoms with E-state index in [1.54, 1.807) is 4.44 Å². The largest absolute Gasteiger partial charge is 0.481 e. The third kappa shape index (κ3) is 15.0. The highest BCUT2D eigenvalue weighted by atomic mass is 31.1. The molecule has 3 unspecified atom stereocenters. The Hall–Kier alpha value is 0.250. The number of nitrogens with zero attached hydrogens (tertiary/aromatic N) is 1. The van der Waals surface area contributed by atoms with Crippen LogP contribution in [0.1, 0.15) is 26.7 Å². The number of hydrogen-bond donors (Lipinski definition) is 2. The summed E-state index contributed by atoms with van der Waals surface area (Å²) in [7, 11) is 4.81. The van der Waals surface area contributed by atoms with Gasteiger partial charge in [0.1, 0.15) is 0 Å². The zero-order valence-electron chi connectivity index (χ0n) is 8.10. The summed E-state index contributed by atoms with van der Waals surface area (Å²) in [6, 6.07) is 0. The van der Waals surface area contributed by atoms with Gasteiger partial charge in [0.15, 0.2) is 0 Å². The van der Waals surface area contributed by atoms with Crippen LogP contribution in [0.15, 0.2) is 0 Å². The highest BCUT2D eigenvalue weighted by Crippen LogP contribution is 2.08. The fraction of sp³-hybridized carbons (Fsp3) is 0.857. The zero-order valence-corrected chi connectivity index (χ0v) is 10.4. The molecule has 0 aromatic rings. The van der Waals surface area contributed by atoms with E-state index in [4.69, 9.17) is 10.2 Å². The van der Waals surface area contributed by atoms with Crippen molar-refractivity contribution in [1.82, 2.24) is 4.44 Å². The lowest BCUT2D eigenvalue weighted by Gasteiger charge is -2.11. The van der Waals surface area contributed by atoms with Crippen LogP contribution < -0.4 is 0 Å². The van der Waals surface area contributed by atoms with Crippen LogP contribution >= 0.6 is 18.8 Å². The van der Waals surface area contributed by atoms with Gasteiger partial charge in [-0.3, -0.25) is 9.24 Å². The van der Waals surface area contributed by atoms with Crippen LogP contribution in [0.5, 0.6) is 0 Å². The van der Waals surface area contributed by atoms with Gasteiger partial charge in [-0.25, -0.2) is 0 Å². The van der Waals surface area contributed by atoms with Gasteiger partial charge in [-0.1, -0.05) is 32.6 Å². The van der Waals surface area contributed by atoms with Crippen molar-refractivity contribution in [2.75, 3.05) is 6.54 Å². The molecule has 6 heteroatoms. The Labute approximate surface area is 84.2 Å². The van der Waals surface area contributed by atoms with Gasteiger partial charge < -0.3 is 10.2 Å². The van der Waals surface area contributed by atoms with E-state index in [-0.39, 0.29) is 6.42 Å². The minimum Gasteiger partial charge on any atom is -0.481 e. The highest BCUT2D eigenvalue weighted by Gasteiger charge is 2.08. The van der Waals surface area contributed by atoms with Crippen molar-refractivity contribution in [3.63, 3.8) is 0 Å². The molecule has 0 spiro atoms. The van der Waals surface area contributed by atoms with E-state index in [0.717, 1.165) is 0 Å². The van der Waals surface area contributed by atoms with Gasteiger partial charge in [0.25, 0.3) is 0 Å². The molecule has 0 aliphatic rings. The lowest BCUT2D eigenvalue weighted by atomic mass is 10.2. The Morgan fingerprint density at radius 1 is 1.46 bits per heavy atom. The Bertz CT molecular complexity index is 133. The quantitative estimate of drug-likeness (QED) is 0.691. The van der Waals surface area contributed by atoms with Gasteiger partial charge >= 0.3 is 5.97 Å². The minimum absolute atomic E-state index is 0.177. The zero-order chi connectivity index (χ0) is 10.9. The lowest BCUT2D eigenvalue weighted by molar-refractivity contribution is -0.139. The fourth-order valence-electron chi connectivity index (χ4n) is 0.602. The van der Waals surface area contributed by atoms with Crippen LogP contribution in [0, 0.1) is 0 Å². The van der Waals surface area contributed by atoms with E-state index in [0.29, 0.717) is 13.0 Å². The molecule has 0 aromatic carbocycles. The van der Waals surface area contributed by atoms with Gasteiger partial charge in [0.2, 0.25) is 0 Å². The number of carbonyl (C=O) groups is 1. The first-order valence-corrected chi connectivity index (χ1v) is 5.22. The molecule has 0 saturated carbocycles. The molecule has 0 rings (SSSR count). The molecule has 0 fully saturated rings. The van der Waals surface area contributed by atoms with E-state index in [9.17, 15) is 4.79 Å². The van der Waals surface area contributed by atoms with E-state index >= 15 is 0 Å². The molecule has 0 heterocycles. The maximum absolute atomic E-state index is 10.1. The molecule has 0 amide bonds. The summed E-state index contributed by atoms with van der Waals surface area (Å²) in [6.45, 7) is 4.64. The van der Waals surface area contributed by atoms with E-state index in [1.165, 1.54) is 0 Å². The van der Waals surface area contributed by atoms with Gasteiger partial charge in [0.05, 0.1) is 12.5 Å². The van der Waals surface area contributed by atoms with Crippen LogP contribution in [0.3, 0.4) is 0 Å². The summed E-state index contributed by atoms with van der Waals surface area (Å²) in [5, 5.41) is 17.3. The average Bonchev–Trinajstić information content (AvgIpc) is 2.03. The van der Waals surface area contributed by atoms with E-state index in [1.807, 2.05) is 13.8 Å². The Morgan fingerprint density at radius 3 is 2.23 bits per heavy atom. The molecule has 0 aliphatic heterocycles. The molecule has 0 bridgehead atoms. The number of carboxylic acid groups (broad SMARTS) is 1. The van der Waals surface area contributed by atoms with Crippen molar-refractivity contribution in [3.05, 3.63) is 0 Å². The van der Waals surface area contributed by atoms with Gasteiger partial charge in [-0.2, -0.15) is 0 Å². The first-order chi connectivity index (χ1) is 6.02. The Balaban J connectivity index is 0. The van der Waals surface area contributed by atoms with Gasteiger partial charge in [0, 0.05) is 6.54 Å². The van der Waals surface area contributed by atoms with Crippen LogP contribution in [0.4, 0.5) is 0 Å². The molecule has 2 N–H and O–H groups in total. The first-order valence-electron chi connectivity index (χ1n) is 4.19. The second-order valence-electron chi connectivity index (χ2n) is 2.28. The second-order valence-corrected chi connectivity index (χ2v) is 4.20. The maximum Gasteiger partial charge on any atom is 0.305 e. The standard InChI is InChI=1S/C5H13NO3P2.C2H6/c7-4(3-5(8)9)1-2-6(10)11;1-2/h4,7H,1-3,10-11H2,(H,8,9);1-2H3. The maximum atomic E-state index is 10.1. The Morgan fingerprint density at radius 2 is 1.92 bits per heavy atom. The molecular weight excluding hydrogens is 208 g/mol. The summed E-state index contributed by atoms with van der Waals surface area (Å²) < 4.78 is 1.74. The number of rotatable bonds is 5. The van der Waals surface area contributed by atoms with E-state index in [2.05, 4.69) is 18.8 Å². The van der Waals surface area contributed by atoms with Crippen molar-refractivity contribution < 1.29 is 15.0 Å². The molecule has 3 atom stereocenters. The summed E-state index contributed by atoms with van der Waals surface area (Å²) in [5.74, 6) is -0.962. The van der Waals surface area contributed by atoms with Crippen LogP contribution in [-0.2, 0) is 4.79 Å². The van der Waals surface area contributed by atoms with Crippen LogP contribution in [0.2, 0.25) is 0 Å². The van der Waals surface area contributed by atoms with Crippen molar-refractivity contribution in [2.45, 2.75) is 32.8 Å². The molecule has 80 valence electrons. The number of aliphatic hydroxyl groups excluding tert-OH is 1. The number of hydrogen-bond acceptors (Lipinski definition) is 3. The molecule has 0 radical (unpaired) electrons. The fourth-order valence-corrected chi connectivity index (χ4v) is 0.900. The average molecular weight is 227 g/mol. The molecule has 0 saturated heterocycles.